The summed E-state index contributed by atoms with van der Waals surface area (Å²) in [6.45, 7) is 5.71. The summed E-state index contributed by atoms with van der Waals surface area (Å²) in [5, 5.41) is 31.6. The van der Waals surface area contributed by atoms with Gasteiger partial charge in [-0.05, 0) is 96.3 Å². The van der Waals surface area contributed by atoms with Crippen molar-refractivity contribution in [3.8, 4) is 0 Å². The van der Waals surface area contributed by atoms with Crippen LogP contribution in [0.15, 0.2) is 97.2 Å². The van der Waals surface area contributed by atoms with Crippen LogP contribution in [-0.4, -0.2) is 89.2 Å². The molecule has 0 radical (unpaired) electrons. The highest BCUT2D eigenvalue weighted by Crippen LogP contribution is 2.26. The third-order valence-electron chi connectivity index (χ3n) is 13.7. The maximum atomic E-state index is 13.1. The number of rotatable bonds is 52. The van der Waals surface area contributed by atoms with Crippen molar-refractivity contribution in [2.24, 2.45) is 0 Å². The predicted molar refractivity (Wildman–Crippen MR) is 321 cm³/mol. The third-order valence-corrected chi connectivity index (χ3v) is 13.7. The van der Waals surface area contributed by atoms with Crippen molar-refractivity contribution >= 4 is 23.9 Å². The van der Waals surface area contributed by atoms with Crippen LogP contribution in [0, 0.1) is 0 Å². The Labute approximate surface area is 479 Å². The van der Waals surface area contributed by atoms with Gasteiger partial charge in [-0.25, -0.2) is 4.79 Å². The van der Waals surface area contributed by atoms with Crippen molar-refractivity contribution in [3.05, 3.63) is 97.2 Å². The molecule has 1 rings (SSSR count). The van der Waals surface area contributed by atoms with Crippen LogP contribution in [0.25, 0.3) is 0 Å². The first kappa shape index (κ1) is 72.7. The molecule has 0 aromatic heterocycles. The highest BCUT2D eigenvalue weighted by atomic mass is 16.7. The van der Waals surface area contributed by atoms with Crippen LogP contribution >= 0.6 is 0 Å². The fourth-order valence-corrected chi connectivity index (χ4v) is 8.94. The Kier molecular flexibility index (Phi) is 49.9. The number of esters is 3. The largest absolute Gasteiger partial charge is 0.479 e. The van der Waals surface area contributed by atoms with E-state index in [1.807, 2.05) is 0 Å². The van der Waals surface area contributed by atoms with Gasteiger partial charge >= 0.3 is 23.9 Å². The molecule has 6 atom stereocenters. The molecule has 1 saturated heterocycles. The molecule has 6 unspecified atom stereocenters. The quantitative estimate of drug-likeness (QED) is 0.0228. The summed E-state index contributed by atoms with van der Waals surface area (Å²) in [5.41, 5.74) is 0. The first-order valence-corrected chi connectivity index (χ1v) is 31.2. The highest BCUT2D eigenvalue weighted by Gasteiger charge is 2.50. The Morgan fingerprint density at radius 3 is 1.22 bits per heavy atom. The smallest absolute Gasteiger partial charge is 0.335 e. The Balaban J connectivity index is 2.70. The molecular formula is C67H110O12. The van der Waals surface area contributed by atoms with Gasteiger partial charge in [0.15, 0.2) is 24.6 Å². The third kappa shape index (κ3) is 44.0. The normalized spacial score (nSPS) is 18.5. The van der Waals surface area contributed by atoms with E-state index in [1.165, 1.54) is 89.9 Å². The van der Waals surface area contributed by atoms with Gasteiger partial charge in [0, 0.05) is 19.3 Å². The van der Waals surface area contributed by atoms with Crippen molar-refractivity contribution in [1.29, 1.82) is 0 Å². The second-order valence-corrected chi connectivity index (χ2v) is 20.9. The second-order valence-electron chi connectivity index (χ2n) is 20.9. The number of carbonyl (C=O) groups excluding carboxylic acids is 3. The molecule has 1 aliphatic rings. The van der Waals surface area contributed by atoms with Crippen LogP contribution in [0.3, 0.4) is 0 Å². The van der Waals surface area contributed by atoms with Gasteiger partial charge in [0.2, 0.25) is 0 Å². The summed E-state index contributed by atoms with van der Waals surface area (Å²) in [4.78, 5) is 51.2. The highest BCUT2D eigenvalue weighted by molar-refractivity contribution is 5.74. The number of aliphatic hydroxyl groups excluding tert-OH is 2. The zero-order chi connectivity index (χ0) is 57.5. The predicted octanol–water partition coefficient (Wildman–Crippen LogP) is 16.5. The number of hydrogen-bond acceptors (Lipinski definition) is 11. The summed E-state index contributed by atoms with van der Waals surface area (Å²) in [6, 6.07) is 0. The monoisotopic (exact) mass is 1110 g/mol. The fourth-order valence-electron chi connectivity index (χ4n) is 8.94. The van der Waals surface area contributed by atoms with E-state index in [-0.39, 0.29) is 25.9 Å². The SMILES string of the molecule is CC/C=C\C/C=C\C/C=C\C/C=C\CCCCC(=O)OCC(COC1OC(C(=O)O)C(O)C(O)C1OC(=O)CCCCCCCCCCCCCCCCCCCCC)OC(=O)CCCC/C=C\C/C=C\C/C=C\C/C=C\CC. The van der Waals surface area contributed by atoms with E-state index in [0.29, 0.717) is 19.3 Å². The van der Waals surface area contributed by atoms with Gasteiger partial charge < -0.3 is 39.0 Å². The maximum Gasteiger partial charge on any atom is 0.335 e. The van der Waals surface area contributed by atoms with E-state index in [1.54, 1.807) is 0 Å². The minimum absolute atomic E-state index is 0.0508. The maximum absolute atomic E-state index is 13.1. The van der Waals surface area contributed by atoms with E-state index >= 15 is 0 Å². The zero-order valence-electron chi connectivity index (χ0n) is 49.6. The van der Waals surface area contributed by atoms with Gasteiger partial charge in [-0.2, -0.15) is 0 Å². The lowest BCUT2D eigenvalue weighted by molar-refractivity contribution is -0.301. The van der Waals surface area contributed by atoms with Crippen molar-refractivity contribution in [1.82, 2.24) is 0 Å². The average Bonchev–Trinajstić information content (AvgIpc) is 3.46. The molecule has 12 heteroatoms. The lowest BCUT2D eigenvalue weighted by Gasteiger charge is -2.40. The standard InChI is InChI=1S/C67H110O12/c1-4-7-10-13-16-19-22-25-28-29-30-31-34-37-40-43-46-49-52-55-61(70)78-65-63(72)62(71)64(66(73)74)79-67(65)76-57-58(77-60(69)54-51-48-45-42-39-36-33-27-24-21-18-15-12-9-6-3)56-75-59(68)53-50-47-44-41-38-35-32-26-23-20-17-14-11-8-5-2/h8-9,11-12,17-18,20-21,26-27,32-33,38-39,41-42,58,62-65,67,71-72H,4-7,10,13-16,19,22-25,28-31,34-37,40,43-57H2,1-3H3,(H,73,74)/b11-8-,12-9-,20-17-,21-18-,32-26-,33-27-,41-38-,42-39-. The Morgan fingerprint density at radius 2 is 0.797 bits per heavy atom. The molecule has 0 aliphatic carbocycles. The number of ether oxygens (including phenoxy) is 5. The van der Waals surface area contributed by atoms with Crippen molar-refractivity contribution in [3.63, 3.8) is 0 Å². The van der Waals surface area contributed by atoms with Gasteiger partial charge in [0.1, 0.15) is 18.8 Å². The van der Waals surface area contributed by atoms with Crippen molar-refractivity contribution < 1.29 is 58.2 Å². The first-order chi connectivity index (χ1) is 38.6. The van der Waals surface area contributed by atoms with Gasteiger partial charge in [-0.3, -0.25) is 14.4 Å². The molecule has 1 aliphatic heterocycles. The Bertz CT molecular complexity index is 1740. The van der Waals surface area contributed by atoms with Crippen molar-refractivity contribution in [2.75, 3.05) is 13.2 Å². The lowest BCUT2D eigenvalue weighted by atomic mass is 9.98. The van der Waals surface area contributed by atoms with Crippen LogP contribution in [0.5, 0.6) is 0 Å². The van der Waals surface area contributed by atoms with E-state index in [4.69, 9.17) is 23.7 Å². The van der Waals surface area contributed by atoms with Crippen LogP contribution in [0.4, 0.5) is 0 Å². The first-order valence-electron chi connectivity index (χ1n) is 31.2. The lowest BCUT2D eigenvalue weighted by Crippen LogP contribution is -2.61. The Hall–Kier alpha value is -4.36. The van der Waals surface area contributed by atoms with Crippen LogP contribution in [0.2, 0.25) is 0 Å². The van der Waals surface area contributed by atoms with Crippen molar-refractivity contribution in [2.45, 2.75) is 289 Å². The summed E-state index contributed by atoms with van der Waals surface area (Å²) in [7, 11) is 0. The average molecular weight is 1110 g/mol. The van der Waals surface area contributed by atoms with Gasteiger partial charge in [0.25, 0.3) is 0 Å². The fraction of sp³-hybridized carbons (Fsp3) is 0.701. The number of carboxylic acids is 1. The number of unbranched alkanes of at least 4 members (excludes halogenated alkanes) is 22. The van der Waals surface area contributed by atoms with Gasteiger partial charge in [-0.1, -0.05) is 234 Å². The van der Waals surface area contributed by atoms with E-state index < -0.39 is 67.3 Å². The second kappa shape index (κ2) is 54.2. The topological polar surface area (TPSA) is 175 Å². The van der Waals surface area contributed by atoms with Gasteiger partial charge in [-0.15, -0.1) is 0 Å². The molecule has 0 spiro atoms. The molecule has 0 saturated carbocycles. The van der Waals surface area contributed by atoms with E-state index in [0.717, 1.165) is 103 Å². The number of allylic oxidation sites excluding steroid dienone is 16. The number of carbonyl (C=O) groups is 4. The number of hydrogen-bond donors (Lipinski definition) is 3. The Morgan fingerprint density at radius 1 is 0.430 bits per heavy atom. The minimum Gasteiger partial charge on any atom is -0.479 e. The molecule has 0 aromatic carbocycles. The molecule has 450 valence electrons. The number of carboxylic acid groups (broad SMARTS) is 1. The summed E-state index contributed by atoms with van der Waals surface area (Å²) < 4.78 is 28.4. The summed E-state index contributed by atoms with van der Waals surface area (Å²) in [5.74, 6) is -3.23. The van der Waals surface area contributed by atoms with E-state index in [9.17, 15) is 34.5 Å². The molecule has 1 heterocycles. The summed E-state index contributed by atoms with van der Waals surface area (Å²) >= 11 is 0. The number of aliphatic hydroxyl groups is 2. The summed E-state index contributed by atoms with van der Waals surface area (Å²) in [6.07, 6.45) is 59.5. The molecule has 0 amide bonds. The van der Waals surface area contributed by atoms with Crippen LogP contribution in [0.1, 0.15) is 252 Å². The van der Waals surface area contributed by atoms with E-state index in [2.05, 4.69) is 118 Å². The molecule has 1 fully saturated rings. The molecule has 0 aromatic rings. The zero-order valence-corrected chi connectivity index (χ0v) is 49.6. The molecule has 12 nitrogen and oxygen atoms in total. The molecule has 3 N–H and O–H groups in total. The van der Waals surface area contributed by atoms with Gasteiger partial charge in [0.05, 0.1) is 6.61 Å². The molecule has 79 heavy (non-hydrogen) atoms. The molecule has 0 bridgehead atoms. The number of aliphatic carboxylic acids is 1. The minimum atomic E-state index is -1.92. The van der Waals surface area contributed by atoms with Crippen LogP contribution < -0.4 is 0 Å². The molecular weight excluding hydrogens is 997 g/mol. The van der Waals surface area contributed by atoms with Crippen LogP contribution in [-0.2, 0) is 42.9 Å².